The largest absolute Gasteiger partial charge is 0.480 e. The van der Waals surface area contributed by atoms with Crippen LogP contribution in [0.1, 0.15) is 45.4 Å². The van der Waals surface area contributed by atoms with Crippen LogP contribution in [0.15, 0.2) is 0 Å². The van der Waals surface area contributed by atoms with Gasteiger partial charge in [0.2, 0.25) is 0 Å². The average molecular weight is 255 g/mol. The third-order valence-corrected chi connectivity index (χ3v) is 4.58. The number of nitrogens with zero attached hydrogens (tertiary/aromatic N) is 1. The van der Waals surface area contributed by atoms with Crippen molar-refractivity contribution >= 4 is 5.97 Å². The first kappa shape index (κ1) is 13.8. The summed E-state index contributed by atoms with van der Waals surface area (Å²) in [6, 6.07) is -0.400. The maximum atomic E-state index is 11.2. The standard InChI is InChI=1S/C14H25NO3/c1-10-6-7-15(13(10)14(17)18)9-12(16)8-11-4-2-3-5-11/h10-13,16H,2-9H2,1H3,(H,17,18). The first-order valence-corrected chi connectivity index (χ1v) is 7.23. The van der Waals surface area contributed by atoms with E-state index in [1.807, 2.05) is 11.8 Å². The molecule has 104 valence electrons. The van der Waals surface area contributed by atoms with Gasteiger partial charge in [-0.2, -0.15) is 0 Å². The van der Waals surface area contributed by atoms with Gasteiger partial charge in [-0.05, 0) is 31.2 Å². The smallest absolute Gasteiger partial charge is 0.321 e. The minimum Gasteiger partial charge on any atom is -0.480 e. The molecular formula is C14H25NO3. The molecule has 1 saturated heterocycles. The molecule has 0 bridgehead atoms. The molecule has 0 spiro atoms. The number of hydrogen-bond acceptors (Lipinski definition) is 3. The molecule has 1 saturated carbocycles. The Hall–Kier alpha value is -0.610. The monoisotopic (exact) mass is 255 g/mol. The Balaban J connectivity index is 1.82. The summed E-state index contributed by atoms with van der Waals surface area (Å²) in [7, 11) is 0. The molecule has 0 aromatic rings. The molecule has 2 aliphatic rings. The summed E-state index contributed by atoms with van der Waals surface area (Å²) in [5.74, 6) is 0.109. The lowest BCUT2D eigenvalue weighted by Gasteiger charge is -2.26. The summed E-state index contributed by atoms with van der Waals surface area (Å²) in [6.45, 7) is 3.32. The van der Waals surface area contributed by atoms with Crippen molar-refractivity contribution in [1.82, 2.24) is 4.90 Å². The van der Waals surface area contributed by atoms with Crippen LogP contribution in [0, 0.1) is 11.8 Å². The minimum absolute atomic E-state index is 0.196. The van der Waals surface area contributed by atoms with Gasteiger partial charge < -0.3 is 10.2 Å². The highest BCUT2D eigenvalue weighted by atomic mass is 16.4. The Morgan fingerprint density at radius 2 is 2.00 bits per heavy atom. The van der Waals surface area contributed by atoms with Crippen LogP contribution in [0.5, 0.6) is 0 Å². The number of aliphatic hydroxyl groups excluding tert-OH is 1. The zero-order chi connectivity index (χ0) is 13.1. The van der Waals surface area contributed by atoms with Crippen molar-refractivity contribution < 1.29 is 15.0 Å². The predicted molar refractivity (Wildman–Crippen MR) is 69.4 cm³/mol. The lowest BCUT2D eigenvalue weighted by Crippen LogP contribution is -2.43. The van der Waals surface area contributed by atoms with Gasteiger partial charge in [-0.3, -0.25) is 9.69 Å². The molecule has 0 aromatic heterocycles. The van der Waals surface area contributed by atoms with Crippen LogP contribution in [0.25, 0.3) is 0 Å². The van der Waals surface area contributed by atoms with Gasteiger partial charge in [0.05, 0.1) is 6.10 Å². The van der Waals surface area contributed by atoms with Crippen LogP contribution in [0.4, 0.5) is 0 Å². The molecule has 0 radical (unpaired) electrons. The predicted octanol–water partition coefficient (Wildman–Crippen LogP) is 1.72. The molecule has 3 unspecified atom stereocenters. The van der Waals surface area contributed by atoms with Crippen LogP contribution < -0.4 is 0 Å². The van der Waals surface area contributed by atoms with Crippen molar-refractivity contribution in [3.05, 3.63) is 0 Å². The van der Waals surface area contributed by atoms with Gasteiger partial charge in [-0.25, -0.2) is 0 Å². The molecule has 2 fully saturated rings. The molecule has 1 aliphatic heterocycles. The lowest BCUT2D eigenvalue weighted by atomic mass is 9.99. The fourth-order valence-corrected chi connectivity index (χ4v) is 3.61. The van der Waals surface area contributed by atoms with E-state index < -0.39 is 12.0 Å². The zero-order valence-corrected chi connectivity index (χ0v) is 11.2. The van der Waals surface area contributed by atoms with E-state index in [0.717, 1.165) is 19.4 Å². The number of aliphatic hydroxyl groups is 1. The number of carbonyl (C=O) groups is 1. The number of carboxylic acids is 1. The third kappa shape index (κ3) is 3.23. The van der Waals surface area contributed by atoms with Gasteiger partial charge in [0.25, 0.3) is 0 Å². The summed E-state index contributed by atoms with van der Waals surface area (Å²) < 4.78 is 0. The second kappa shape index (κ2) is 6.02. The van der Waals surface area contributed by atoms with E-state index in [1.54, 1.807) is 0 Å². The van der Waals surface area contributed by atoms with Crippen LogP contribution >= 0.6 is 0 Å². The van der Waals surface area contributed by atoms with Gasteiger partial charge >= 0.3 is 5.97 Å². The van der Waals surface area contributed by atoms with Gasteiger partial charge in [0, 0.05) is 6.54 Å². The Labute approximate surface area is 109 Å². The van der Waals surface area contributed by atoms with Crippen LogP contribution in [-0.2, 0) is 4.79 Å². The maximum Gasteiger partial charge on any atom is 0.321 e. The Bertz CT molecular complexity index is 289. The van der Waals surface area contributed by atoms with Crippen LogP contribution in [0.2, 0.25) is 0 Å². The van der Waals surface area contributed by atoms with E-state index >= 15 is 0 Å². The van der Waals surface area contributed by atoms with Crippen molar-refractivity contribution in [1.29, 1.82) is 0 Å². The summed E-state index contributed by atoms with van der Waals surface area (Å²) in [5, 5.41) is 19.3. The van der Waals surface area contributed by atoms with Gasteiger partial charge in [0.15, 0.2) is 0 Å². The number of aliphatic carboxylic acids is 1. The van der Waals surface area contributed by atoms with Gasteiger partial charge in [-0.1, -0.05) is 32.6 Å². The van der Waals surface area contributed by atoms with E-state index in [9.17, 15) is 15.0 Å². The first-order chi connectivity index (χ1) is 8.58. The van der Waals surface area contributed by atoms with Crippen molar-refractivity contribution in [3.63, 3.8) is 0 Å². The summed E-state index contributed by atoms with van der Waals surface area (Å²) >= 11 is 0. The summed E-state index contributed by atoms with van der Waals surface area (Å²) in [6.07, 6.45) is 6.45. The molecule has 4 nitrogen and oxygen atoms in total. The van der Waals surface area contributed by atoms with Crippen LogP contribution in [0.3, 0.4) is 0 Å². The Morgan fingerprint density at radius 3 is 2.61 bits per heavy atom. The van der Waals surface area contributed by atoms with Crippen molar-refractivity contribution in [2.24, 2.45) is 11.8 Å². The fourth-order valence-electron chi connectivity index (χ4n) is 3.61. The van der Waals surface area contributed by atoms with Crippen LogP contribution in [-0.4, -0.2) is 46.3 Å². The molecule has 3 atom stereocenters. The van der Waals surface area contributed by atoms with Gasteiger partial charge in [0.1, 0.15) is 6.04 Å². The lowest BCUT2D eigenvalue weighted by molar-refractivity contribution is -0.143. The van der Waals surface area contributed by atoms with E-state index in [-0.39, 0.29) is 12.0 Å². The Kier molecular flexibility index (Phi) is 4.62. The Morgan fingerprint density at radius 1 is 1.33 bits per heavy atom. The highest BCUT2D eigenvalue weighted by Gasteiger charge is 2.37. The molecule has 1 heterocycles. The average Bonchev–Trinajstić information content (AvgIpc) is 2.88. The summed E-state index contributed by atoms with van der Waals surface area (Å²) in [5.41, 5.74) is 0. The third-order valence-electron chi connectivity index (χ3n) is 4.58. The zero-order valence-electron chi connectivity index (χ0n) is 11.2. The SMILES string of the molecule is CC1CCN(CC(O)CC2CCCC2)C1C(=O)O. The molecule has 18 heavy (non-hydrogen) atoms. The second-order valence-corrected chi connectivity index (χ2v) is 6.08. The topological polar surface area (TPSA) is 60.8 Å². The molecule has 2 N–H and O–H groups in total. The fraction of sp³-hybridized carbons (Fsp3) is 0.929. The van der Waals surface area contributed by atoms with Crippen molar-refractivity contribution in [3.8, 4) is 0 Å². The summed E-state index contributed by atoms with van der Waals surface area (Å²) in [4.78, 5) is 13.2. The minimum atomic E-state index is -0.743. The number of β-amino-alcohol motifs (C(OH)–C–C–N with tert-alkyl or cyclic N) is 1. The highest BCUT2D eigenvalue weighted by molar-refractivity contribution is 5.74. The molecule has 0 aromatic carbocycles. The van der Waals surface area contributed by atoms with E-state index in [2.05, 4.69) is 0 Å². The number of carboxylic acid groups (broad SMARTS) is 1. The van der Waals surface area contributed by atoms with Crippen molar-refractivity contribution in [2.45, 2.75) is 57.6 Å². The molecule has 4 heteroatoms. The van der Waals surface area contributed by atoms with E-state index in [0.29, 0.717) is 12.5 Å². The van der Waals surface area contributed by atoms with E-state index in [1.165, 1.54) is 25.7 Å². The molecule has 0 amide bonds. The first-order valence-electron chi connectivity index (χ1n) is 7.23. The van der Waals surface area contributed by atoms with E-state index in [4.69, 9.17) is 0 Å². The second-order valence-electron chi connectivity index (χ2n) is 6.08. The van der Waals surface area contributed by atoms with Gasteiger partial charge in [-0.15, -0.1) is 0 Å². The number of hydrogen-bond donors (Lipinski definition) is 2. The highest BCUT2D eigenvalue weighted by Crippen LogP contribution is 2.30. The molecule has 2 rings (SSSR count). The number of likely N-dealkylation sites (tertiary alicyclic amines) is 1. The normalized spacial score (nSPS) is 31.9. The quantitative estimate of drug-likeness (QED) is 0.785. The number of rotatable bonds is 5. The molecule has 1 aliphatic carbocycles. The maximum absolute atomic E-state index is 11.2. The molecular weight excluding hydrogens is 230 g/mol. The van der Waals surface area contributed by atoms with Crippen molar-refractivity contribution in [2.75, 3.05) is 13.1 Å².